The molecular weight excluding hydrogens is 272 g/mol. The van der Waals surface area contributed by atoms with Crippen LogP contribution in [-0.2, 0) is 13.0 Å². The standard InChI is InChI=1S/C16H15ClN2O/c17-13-5-6-15(18)12(9-13)10-19-8-7-11-3-1-2-4-14(11)16(19)20/h1-6,9H,7-8,10,18H2. The van der Waals surface area contributed by atoms with Crippen molar-refractivity contribution < 1.29 is 4.79 Å². The second kappa shape index (κ2) is 5.17. The molecule has 3 nitrogen and oxygen atoms in total. The number of nitrogen functional groups attached to an aromatic ring is 1. The predicted molar refractivity (Wildman–Crippen MR) is 80.8 cm³/mol. The maximum Gasteiger partial charge on any atom is 0.254 e. The molecule has 0 atom stereocenters. The Morgan fingerprint density at radius 3 is 2.85 bits per heavy atom. The maximum absolute atomic E-state index is 12.5. The van der Waals surface area contributed by atoms with Crippen molar-refractivity contribution in [2.75, 3.05) is 12.3 Å². The summed E-state index contributed by atoms with van der Waals surface area (Å²) in [6.07, 6.45) is 0.877. The molecule has 0 bridgehead atoms. The van der Waals surface area contributed by atoms with Crippen molar-refractivity contribution in [3.63, 3.8) is 0 Å². The number of carbonyl (C=O) groups excluding carboxylic acids is 1. The van der Waals surface area contributed by atoms with Crippen molar-refractivity contribution in [2.45, 2.75) is 13.0 Å². The fourth-order valence-electron chi connectivity index (χ4n) is 2.54. The number of nitrogens with two attached hydrogens (primary N) is 1. The van der Waals surface area contributed by atoms with Gasteiger partial charge in [-0.25, -0.2) is 0 Å². The van der Waals surface area contributed by atoms with Crippen LogP contribution in [0.4, 0.5) is 5.69 Å². The van der Waals surface area contributed by atoms with Crippen molar-refractivity contribution in [1.29, 1.82) is 0 Å². The Morgan fingerprint density at radius 2 is 2.00 bits per heavy atom. The fraction of sp³-hybridized carbons (Fsp3) is 0.188. The lowest BCUT2D eigenvalue weighted by atomic mass is 9.98. The minimum Gasteiger partial charge on any atom is -0.398 e. The summed E-state index contributed by atoms with van der Waals surface area (Å²) in [5, 5.41) is 0.638. The zero-order valence-corrected chi connectivity index (χ0v) is 11.7. The van der Waals surface area contributed by atoms with Gasteiger partial charge < -0.3 is 10.6 Å². The van der Waals surface area contributed by atoms with Gasteiger partial charge in [0.1, 0.15) is 0 Å². The molecule has 0 aromatic heterocycles. The largest absolute Gasteiger partial charge is 0.398 e. The summed E-state index contributed by atoms with van der Waals surface area (Å²) in [5.74, 6) is 0.0613. The number of nitrogens with zero attached hydrogens (tertiary/aromatic N) is 1. The van der Waals surface area contributed by atoms with Gasteiger partial charge in [-0.2, -0.15) is 0 Å². The molecule has 3 rings (SSSR count). The maximum atomic E-state index is 12.5. The highest BCUT2D eigenvalue weighted by Gasteiger charge is 2.24. The minimum absolute atomic E-state index is 0.0613. The van der Waals surface area contributed by atoms with Gasteiger partial charge in [-0.1, -0.05) is 29.8 Å². The van der Waals surface area contributed by atoms with Crippen LogP contribution in [0.5, 0.6) is 0 Å². The lowest BCUT2D eigenvalue weighted by molar-refractivity contribution is 0.0727. The minimum atomic E-state index is 0.0613. The van der Waals surface area contributed by atoms with E-state index in [0.29, 0.717) is 23.8 Å². The molecule has 0 radical (unpaired) electrons. The first-order valence-corrected chi connectivity index (χ1v) is 6.94. The van der Waals surface area contributed by atoms with Crippen LogP contribution in [0.15, 0.2) is 42.5 Å². The highest BCUT2D eigenvalue weighted by Crippen LogP contribution is 2.24. The van der Waals surface area contributed by atoms with Gasteiger partial charge in [0.05, 0.1) is 0 Å². The fourth-order valence-corrected chi connectivity index (χ4v) is 2.74. The number of anilines is 1. The number of carbonyl (C=O) groups is 1. The summed E-state index contributed by atoms with van der Waals surface area (Å²) >= 11 is 5.99. The van der Waals surface area contributed by atoms with Crippen LogP contribution < -0.4 is 5.73 Å². The molecule has 4 heteroatoms. The number of rotatable bonds is 2. The third-order valence-electron chi connectivity index (χ3n) is 3.65. The number of hydrogen-bond acceptors (Lipinski definition) is 2. The lowest BCUT2D eigenvalue weighted by Crippen LogP contribution is -2.37. The third kappa shape index (κ3) is 2.37. The summed E-state index contributed by atoms with van der Waals surface area (Å²) < 4.78 is 0. The molecule has 0 aliphatic carbocycles. The molecule has 1 aliphatic heterocycles. The average Bonchev–Trinajstić information content (AvgIpc) is 2.46. The molecule has 0 fully saturated rings. The molecule has 1 amide bonds. The molecule has 1 aliphatic rings. The van der Waals surface area contributed by atoms with E-state index in [1.54, 1.807) is 12.1 Å². The second-order valence-electron chi connectivity index (χ2n) is 4.98. The second-order valence-corrected chi connectivity index (χ2v) is 5.41. The number of amides is 1. The zero-order valence-electron chi connectivity index (χ0n) is 11.0. The first-order valence-electron chi connectivity index (χ1n) is 6.56. The Bertz CT molecular complexity index is 669. The van der Waals surface area contributed by atoms with E-state index in [1.807, 2.05) is 35.2 Å². The molecule has 2 aromatic rings. The molecule has 2 aromatic carbocycles. The topological polar surface area (TPSA) is 46.3 Å². The van der Waals surface area contributed by atoms with Crippen LogP contribution in [0.3, 0.4) is 0 Å². The molecule has 0 saturated carbocycles. The normalized spacial score (nSPS) is 14.2. The van der Waals surface area contributed by atoms with Crippen LogP contribution in [0, 0.1) is 0 Å². The Labute approximate surface area is 123 Å². The van der Waals surface area contributed by atoms with Crippen LogP contribution >= 0.6 is 11.6 Å². The van der Waals surface area contributed by atoms with E-state index in [0.717, 1.165) is 23.1 Å². The first-order chi connectivity index (χ1) is 9.65. The van der Waals surface area contributed by atoms with Gasteiger partial charge in [0.25, 0.3) is 5.91 Å². The average molecular weight is 287 g/mol. The summed E-state index contributed by atoms with van der Waals surface area (Å²) in [4.78, 5) is 14.3. The highest BCUT2D eigenvalue weighted by molar-refractivity contribution is 6.30. The first kappa shape index (κ1) is 13.0. The van der Waals surface area contributed by atoms with Crippen LogP contribution in [0.2, 0.25) is 5.02 Å². The van der Waals surface area contributed by atoms with Gasteiger partial charge in [0.15, 0.2) is 0 Å². The molecule has 102 valence electrons. The number of halogens is 1. The number of fused-ring (bicyclic) bond motifs is 1. The van der Waals surface area contributed by atoms with E-state index in [-0.39, 0.29) is 5.91 Å². The molecule has 0 unspecified atom stereocenters. The monoisotopic (exact) mass is 286 g/mol. The van der Waals surface area contributed by atoms with E-state index < -0.39 is 0 Å². The molecular formula is C16H15ClN2O. The SMILES string of the molecule is Nc1ccc(Cl)cc1CN1CCc2ccccc2C1=O. The summed E-state index contributed by atoms with van der Waals surface area (Å²) in [7, 11) is 0. The van der Waals surface area contributed by atoms with Crippen LogP contribution in [0.1, 0.15) is 21.5 Å². The molecule has 2 N–H and O–H groups in total. The van der Waals surface area contributed by atoms with E-state index in [2.05, 4.69) is 0 Å². The molecule has 0 spiro atoms. The van der Waals surface area contributed by atoms with Gasteiger partial charge in [-0.05, 0) is 41.8 Å². The van der Waals surface area contributed by atoms with E-state index in [1.165, 1.54) is 0 Å². The number of hydrogen-bond donors (Lipinski definition) is 1. The van der Waals surface area contributed by atoms with Crippen molar-refractivity contribution in [3.05, 3.63) is 64.2 Å². The summed E-state index contributed by atoms with van der Waals surface area (Å²) in [6.45, 7) is 1.21. The van der Waals surface area contributed by atoms with Crippen molar-refractivity contribution in [3.8, 4) is 0 Å². The van der Waals surface area contributed by atoms with Crippen molar-refractivity contribution >= 4 is 23.2 Å². The van der Waals surface area contributed by atoms with Crippen LogP contribution in [-0.4, -0.2) is 17.4 Å². The smallest absolute Gasteiger partial charge is 0.254 e. The lowest BCUT2D eigenvalue weighted by Gasteiger charge is -2.29. The van der Waals surface area contributed by atoms with Gasteiger partial charge >= 0.3 is 0 Å². The van der Waals surface area contributed by atoms with E-state index >= 15 is 0 Å². The quantitative estimate of drug-likeness (QED) is 0.862. The third-order valence-corrected chi connectivity index (χ3v) is 3.89. The molecule has 1 heterocycles. The van der Waals surface area contributed by atoms with Crippen LogP contribution in [0.25, 0.3) is 0 Å². The van der Waals surface area contributed by atoms with Gasteiger partial charge in [-0.3, -0.25) is 4.79 Å². The van der Waals surface area contributed by atoms with Gasteiger partial charge in [0, 0.05) is 29.4 Å². The Kier molecular flexibility index (Phi) is 3.36. The van der Waals surface area contributed by atoms with Crippen molar-refractivity contribution in [1.82, 2.24) is 4.90 Å². The predicted octanol–water partition coefficient (Wildman–Crippen LogP) is 3.12. The Morgan fingerprint density at radius 1 is 1.20 bits per heavy atom. The Balaban J connectivity index is 1.86. The summed E-state index contributed by atoms with van der Waals surface area (Å²) in [5.41, 5.74) is 9.42. The highest BCUT2D eigenvalue weighted by atomic mass is 35.5. The van der Waals surface area contributed by atoms with Gasteiger partial charge in [0.2, 0.25) is 0 Å². The molecule has 0 saturated heterocycles. The van der Waals surface area contributed by atoms with Crippen molar-refractivity contribution in [2.24, 2.45) is 0 Å². The van der Waals surface area contributed by atoms with E-state index in [4.69, 9.17) is 17.3 Å². The van der Waals surface area contributed by atoms with E-state index in [9.17, 15) is 4.79 Å². The summed E-state index contributed by atoms with van der Waals surface area (Å²) in [6, 6.07) is 13.1. The Hall–Kier alpha value is -2.00. The zero-order chi connectivity index (χ0) is 14.1. The number of benzene rings is 2. The molecule has 20 heavy (non-hydrogen) atoms. The van der Waals surface area contributed by atoms with Gasteiger partial charge in [-0.15, -0.1) is 0 Å².